The fraction of sp³-hybridized carbons (Fsp3) is 0.143. The Morgan fingerprint density at radius 1 is 1.45 bits per heavy atom. The minimum atomic E-state index is -0.144. The maximum absolute atomic E-state index is 12.0. The van der Waals surface area contributed by atoms with Gasteiger partial charge >= 0.3 is 0 Å². The summed E-state index contributed by atoms with van der Waals surface area (Å²) in [6, 6.07) is 10.6. The fourth-order valence-electron chi connectivity index (χ4n) is 1.51. The maximum Gasteiger partial charge on any atom is 0.265 e. The van der Waals surface area contributed by atoms with E-state index in [4.69, 9.17) is 10.00 Å². The summed E-state index contributed by atoms with van der Waals surface area (Å²) >= 11 is 4.80. The summed E-state index contributed by atoms with van der Waals surface area (Å²) in [6.45, 7) is 1.95. The van der Waals surface area contributed by atoms with Gasteiger partial charge in [-0.05, 0) is 58.7 Å². The number of amides is 1. The molecule has 1 aromatic heterocycles. The highest BCUT2D eigenvalue weighted by Crippen LogP contribution is 2.28. The summed E-state index contributed by atoms with van der Waals surface area (Å²) < 4.78 is 6.10. The molecule has 0 bridgehead atoms. The second kappa shape index (κ2) is 6.55. The number of nitrogens with one attached hydrogen (secondary N) is 1. The Morgan fingerprint density at radius 2 is 2.15 bits per heavy atom. The van der Waals surface area contributed by atoms with Crippen LogP contribution in [-0.4, -0.2) is 12.5 Å². The van der Waals surface area contributed by atoms with Crippen LogP contribution in [0.5, 0.6) is 5.75 Å². The van der Waals surface area contributed by atoms with Crippen molar-refractivity contribution in [1.82, 2.24) is 0 Å². The zero-order valence-corrected chi connectivity index (χ0v) is 13.0. The van der Waals surface area contributed by atoms with Crippen molar-refractivity contribution in [2.75, 3.05) is 11.9 Å². The summed E-state index contributed by atoms with van der Waals surface area (Å²) in [5.74, 6) is 0.453. The molecule has 2 aromatic rings. The third kappa shape index (κ3) is 3.59. The number of thiophene rings is 1. The van der Waals surface area contributed by atoms with E-state index in [1.807, 2.05) is 19.1 Å². The molecule has 0 saturated carbocycles. The van der Waals surface area contributed by atoms with Gasteiger partial charge in [0.25, 0.3) is 5.91 Å². The van der Waals surface area contributed by atoms with Gasteiger partial charge in [-0.25, -0.2) is 0 Å². The molecule has 6 heteroatoms. The molecule has 1 heterocycles. The molecule has 102 valence electrons. The lowest BCUT2D eigenvalue weighted by atomic mass is 10.3. The first-order chi connectivity index (χ1) is 9.60. The molecule has 0 aliphatic heterocycles. The number of nitriles is 1. The molecule has 20 heavy (non-hydrogen) atoms. The van der Waals surface area contributed by atoms with Gasteiger partial charge in [0.1, 0.15) is 11.8 Å². The van der Waals surface area contributed by atoms with Gasteiger partial charge in [-0.2, -0.15) is 5.26 Å². The molecule has 0 fully saturated rings. The number of hydrogen-bond acceptors (Lipinski definition) is 4. The van der Waals surface area contributed by atoms with Crippen LogP contribution in [0.3, 0.4) is 0 Å². The predicted octanol–water partition coefficient (Wildman–Crippen LogP) is 3.97. The van der Waals surface area contributed by atoms with Crippen LogP contribution >= 0.6 is 27.3 Å². The molecule has 4 nitrogen and oxygen atoms in total. The van der Waals surface area contributed by atoms with Crippen LogP contribution in [0.15, 0.2) is 34.1 Å². The van der Waals surface area contributed by atoms with E-state index in [0.29, 0.717) is 16.3 Å². The van der Waals surface area contributed by atoms with Crippen LogP contribution in [-0.2, 0) is 0 Å². The molecule has 2 rings (SSSR count). The van der Waals surface area contributed by atoms with E-state index < -0.39 is 0 Å². The van der Waals surface area contributed by atoms with Gasteiger partial charge in [0.15, 0.2) is 6.61 Å². The summed E-state index contributed by atoms with van der Waals surface area (Å²) in [5.41, 5.74) is 1.72. The molecule has 0 radical (unpaired) electrons. The lowest BCUT2D eigenvalue weighted by molar-refractivity contribution is 0.103. The molecule has 0 aliphatic carbocycles. The molecule has 0 spiro atoms. The van der Waals surface area contributed by atoms with Crippen LogP contribution in [0.1, 0.15) is 15.2 Å². The Balaban J connectivity index is 2.03. The number of halogens is 1. The quantitative estimate of drug-likeness (QED) is 0.907. The van der Waals surface area contributed by atoms with Crippen molar-refractivity contribution in [3.8, 4) is 11.8 Å². The van der Waals surface area contributed by atoms with Crippen molar-refractivity contribution in [2.24, 2.45) is 0 Å². The smallest absolute Gasteiger partial charge is 0.265 e. The second-order valence-electron chi connectivity index (χ2n) is 3.99. The summed E-state index contributed by atoms with van der Waals surface area (Å²) in [7, 11) is 0. The zero-order valence-electron chi connectivity index (χ0n) is 10.6. The second-order valence-corrected chi connectivity index (χ2v) is 6.36. The van der Waals surface area contributed by atoms with Gasteiger partial charge in [-0.1, -0.05) is 0 Å². The zero-order chi connectivity index (χ0) is 14.5. The normalized spacial score (nSPS) is 9.85. The number of hydrogen-bond donors (Lipinski definition) is 1. The topological polar surface area (TPSA) is 62.1 Å². The average Bonchev–Trinajstić information content (AvgIpc) is 2.78. The first-order valence-electron chi connectivity index (χ1n) is 5.77. The van der Waals surface area contributed by atoms with Crippen LogP contribution in [0.4, 0.5) is 5.69 Å². The molecule has 0 aliphatic rings. The molecule has 1 N–H and O–H groups in total. The number of rotatable bonds is 4. The Labute approximate surface area is 129 Å². The number of benzene rings is 1. The molecule has 1 aromatic carbocycles. The maximum atomic E-state index is 12.0. The lowest BCUT2D eigenvalue weighted by Gasteiger charge is -2.05. The standard InChI is InChI=1S/C14H11BrN2O2S/c1-9-8-12(20-13(9)15)14(18)17-10-2-4-11(5-3-10)19-7-6-16/h2-5,8H,7H2,1H3,(H,17,18). The van der Waals surface area contributed by atoms with E-state index in [2.05, 4.69) is 21.2 Å². The number of anilines is 1. The minimum Gasteiger partial charge on any atom is -0.479 e. The SMILES string of the molecule is Cc1cc(C(=O)Nc2ccc(OCC#N)cc2)sc1Br. The van der Waals surface area contributed by atoms with E-state index in [1.165, 1.54) is 11.3 Å². The highest BCUT2D eigenvalue weighted by molar-refractivity contribution is 9.11. The summed E-state index contributed by atoms with van der Waals surface area (Å²) in [5, 5.41) is 11.2. The number of carbonyl (C=O) groups excluding carboxylic acids is 1. The third-order valence-corrected chi connectivity index (χ3v) is 4.63. The largest absolute Gasteiger partial charge is 0.479 e. The fourth-order valence-corrected chi connectivity index (χ4v) is 2.94. The molecule has 0 atom stereocenters. The Kier molecular flexibility index (Phi) is 4.77. The number of ether oxygens (including phenoxy) is 1. The first-order valence-corrected chi connectivity index (χ1v) is 7.38. The van der Waals surface area contributed by atoms with Crippen LogP contribution in [0.2, 0.25) is 0 Å². The van der Waals surface area contributed by atoms with Gasteiger partial charge in [0.2, 0.25) is 0 Å². The number of nitrogens with zero attached hydrogens (tertiary/aromatic N) is 1. The molecule has 0 unspecified atom stereocenters. The van der Waals surface area contributed by atoms with E-state index >= 15 is 0 Å². The Hall–Kier alpha value is -1.84. The van der Waals surface area contributed by atoms with Gasteiger partial charge < -0.3 is 10.1 Å². The van der Waals surface area contributed by atoms with Crippen molar-refractivity contribution < 1.29 is 9.53 Å². The Morgan fingerprint density at radius 3 is 2.70 bits per heavy atom. The highest BCUT2D eigenvalue weighted by atomic mass is 79.9. The van der Waals surface area contributed by atoms with Gasteiger partial charge in [0.05, 0.1) is 8.66 Å². The summed E-state index contributed by atoms with van der Waals surface area (Å²) in [4.78, 5) is 12.7. The predicted molar refractivity (Wildman–Crippen MR) is 82.3 cm³/mol. The third-order valence-electron chi connectivity index (χ3n) is 2.50. The molecular formula is C14H11BrN2O2S. The van der Waals surface area contributed by atoms with Crippen molar-refractivity contribution in [3.05, 3.63) is 44.6 Å². The van der Waals surface area contributed by atoms with E-state index in [-0.39, 0.29) is 12.5 Å². The van der Waals surface area contributed by atoms with Crippen molar-refractivity contribution in [2.45, 2.75) is 6.92 Å². The number of aryl methyl sites for hydroxylation is 1. The monoisotopic (exact) mass is 350 g/mol. The van der Waals surface area contributed by atoms with Crippen molar-refractivity contribution in [3.63, 3.8) is 0 Å². The van der Waals surface area contributed by atoms with Crippen LogP contribution in [0.25, 0.3) is 0 Å². The minimum absolute atomic E-state index is 0.00814. The highest BCUT2D eigenvalue weighted by Gasteiger charge is 2.11. The van der Waals surface area contributed by atoms with Gasteiger partial charge in [0, 0.05) is 5.69 Å². The van der Waals surface area contributed by atoms with Crippen LogP contribution < -0.4 is 10.1 Å². The van der Waals surface area contributed by atoms with Gasteiger partial charge in [-0.3, -0.25) is 4.79 Å². The summed E-state index contributed by atoms with van der Waals surface area (Å²) in [6.07, 6.45) is 0. The van der Waals surface area contributed by atoms with Crippen molar-refractivity contribution in [1.29, 1.82) is 5.26 Å². The molecule has 0 saturated heterocycles. The molecule has 1 amide bonds. The van der Waals surface area contributed by atoms with Crippen LogP contribution in [0, 0.1) is 18.3 Å². The van der Waals surface area contributed by atoms with Crippen molar-refractivity contribution >= 4 is 38.9 Å². The lowest BCUT2D eigenvalue weighted by Crippen LogP contribution is -2.09. The van der Waals surface area contributed by atoms with E-state index in [9.17, 15) is 4.79 Å². The molecular weight excluding hydrogens is 340 g/mol. The Bertz CT molecular complexity index is 639. The van der Waals surface area contributed by atoms with E-state index in [1.54, 1.807) is 24.3 Å². The van der Waals surface area contributed by atoms with Gasteiger partial charge in [-0.15, -0.1) is 11.3 Å². The van der Waals surface area contributed by atoms with E-state index in [0.717, 1.165) is 9.35 Å². The average molecular weight is 351 g/mol. The first kappa shape index (κ1) is 14.6. The number of carbonyl (C=O) groups is 1.